The van der Waals surface area contributed by atoms with E-state index in [0.717, 1.165) is 24.9 Å². The molecule has 0 spiro atoms. The number of anilines is 2. The Morgan fingerprint density at radius 3 is 2.94 bits per heavy atom. The molecule has 2 rings (SSSR count). The third-order valence-corrected chi connectivity index (χ3v) is 3.93. The van der Waals surface area contributed by atoms with E-state index < -0.39 is 11.6 Å². The molecule has 1 fully saturated rings. The van der Waals surface area contributed by atoms with Crippen molar-refractivity contribution in [3.05, 3.63) is 17.7 Å². The highest BCUT2D eigenvalue weighted by Crippen LogP contribution is 2.27. The smallest absolute Gasteiger partial charge is 0.168 e. The van der Waals surface area contributed by atoms with E-state index in [1.165, 1.54) is 0 Å². The molecule has 6 heteroatoms. The lowest BCUT2D eigenvalue weighted by molar-refractivity contribution is 0.569. The molecule has 0 saturated carbocycles. The second-order valence-electron chi connectivity index (χ2n) is 4.28. The summed E-state index contributed by atoms with van der Waals surface area (Å²) in [5.74, 6) is 0.0843. The largest absolute Gasteiger partial charge is 0.368 e. The van der Waals surface area contributed by atoms with Crippen LogP contribution in [-0.4, -0.2) is 35.6 Å². The second-order valence-corrected chi connectivity index (χ2v) is 5.83. The van der Waals surface area contributed by atoms with Crippen LogP contribution in [0.15, 0.2) is 6.07 Å². The maximum Gasteiger partial charge on any atom is 0.168 e. The highest BCUT2D eigenvalue weighted by molar-refractivity contribution is 8.00. The van der Waals surface area contributed by atoms with Gasteiger partial charge in [-0.25, -0.2) is 13.8 Å². The van der Waals surface area contributed by atoms with E-state index in [4.69, 9.17) is 0 Å². The van der Waals surface area contributed by atoms with E-state index in [2.05, 4.69) is 17.2 Å². The summed E-state index contributed by atoms with van der Waals surface area (Å²) in [5.41, 5.74) is 0. The summed E-state index contributed by atoms with van der Waals surface area (Å²) >= 11 is 1.86. The molecule has 0 bridgehead atoms. The number of hydrogen-bond acceptors (Lipinski definition) is 4. The molecule has 1 aromatic heterocycles. The van der Waals surface area contributed by atoms with Crippen molar-refractivity contribution in [2.24, 2.45) is 0 Å². The van der Waals surface area contributed by atoms with Crippen LogP contribution in [-0.2, 0) is 0 Å². The van der Waals surface area contributed by atoms with Crippen LogP contribution in [0.5, 0.6) is 0 Å². The summed E-state index contributed by atoms with van der Waals surface area (Å²) < 4.78 is 27.3. The van der Waals surface area contributed by atoms with Gasteiger partial charge in [0.05, 0.1) is 0 Å². The molecule has 1 saturated heterocycles. The van der Waals surface area contributed by atoms with E-state index in [9.17, 15) is 8.78 Å². The lowest BCUT2D eigenvalue weighted by atomic mass is 10.3. The van der Waals surface area contributed by atoms with Gasteiger partial charge in [0.2, 0.25) is 0 Å². The Kier molecular flexibility index (Phi) is 4.27. The summed E-state index contributed by atoms with van der Waals surface area (Å²) in [6.45, 7) is 6.00. The minimum absolute atomic E-state index is 0.125. The van der Waals surface area contributed by atoms with Gasteiger partial charge in [0.15, 0.2) is 23.3 Å². The Bertz CT molecular complexity index is 428. The number of thioether (sulfide) groups is 1. The zero-order valence-corrected chi connectivity index (χ0v) is 11.4. The summed E-state index contributed by atoms with van der Waals surface area (Å²) in [4.78, 5) is 5.96. The highest BCUT2D eigenvalue weighted by Gasteiger charge is 2.22. The van der Waals surface area contributed by atoms with Gasteiger partial charge in [-0.15, -0.1) is 0 Å². The van der Waals surface area contributed by atoms with Gasteiger partial charge in [-0.2, -0.15) is 11.8 Å². The summed E-state index contributed by atoms with van der Waals surface area (Å²) in [7, 11) is 0. The van der Waals surface area contributed by atoms with Crippen molar-refractivity contribution in [1.82, 2.24) is 4.98 Å². The Labute approximate surface area is 110 Å². The van der Waals surface area contributed by atoms with Crippen molar-refractivity contribution in [2.75, 3.05) is 35.6 Å². The van der Waals surface area contributed by atoms with Crippen LogP contribution in [0.4, 0.5) is 20.4 Å². The Hall–Kier alpha value is -1.04. The lowest BCUT2D eigenvalue weighted by Crippen LogP contribution is -2.37. The fourth-order valence-corrected chi connectivity index (χ4v) is 2.99. The molecule has 1 aliphatic rings. The van der Waals surface area contributed by atoms with E-state index in [0.29, 0.717) is 11.8 Å². The van der Waals surface area contributed by atoms with Crippen molar-refractivity contribution in [1.29, 1.82) is 0 Å². The number of nitrogens with zero attached hydrogens (tertiary/aromatic N) is 2. The third kappa shape index (κ3) is 2.85. The number of halogens is 2. The predicted octanol–water partition coefficient (Wildman–Crippen LogP) is 2.73. The first-order chi connectivity index (χ1) is 8.61. The number of hydrogen-bond donors (Lipinski definition) is 1. The average molecular weight is 273 g/mol. The normalized spacial score (nSPS) is 20.0. The molecule has 1 aromatic rings. The first kappa shape index (κ1) is 13.4. The number of aromatic nitrogens is 1. The fourth-order valence-electron chi connectivity index (χ4n) is 1.98. The van der Waals surface area contributed by atoms with Crippen molar-refractivity contribution >= 4 is 23.4 Å². The zero-order valence-electron chi connectivity index (χ0n) is 10.5. The molecule has 18 heavy (non-hydrogen) atoms. The van der Waals surface area contributed by atoms with Crippen molar-refractivity contribution in [3.63, 3.8) is 0 Å². The summed E-state index contributed by atoms with van der Waals surface area (Å²) in [6, 6.07) is 0.909. The molecular formula is C12H17F2N3S. The topological polar surface area (TPSA) is 28.2 Å². The number of nitrogens with one attached hydrogen (secondary N) is 1. The minimum Gasteiger partial charge on any atom is -0.368 e. The first-order valence-corrected chi connectivity index (χ1v) is 7.13. The standard InChI is InChI=1S/C12H17F2N3S/c1-3-15-11-9(13)6-10(14)12(16-11)17-4-5-18-8(2)7-17/h6,8H,3-5,7H2,1-2H3,(H,15,16). The average Bonchev–Trinajstić information content (AvgIpc) is 2.33. The molecule has 1 aliphatic heterocycles. The van der Waals surface area contributed by atoms with E-state index in [-0.39, 0.29) is 11.6 Å². The quantitative estimate of drug-likeness (QED) is 0.916. The van der Waals surface area contributed by atoms with Gasteiger partial charge in [-0.1, -0.05) is 6.92 Å². The van der Waals surface area contributed by atoms with Crippen LogP contribution >= 0.6 is 11.8 Å². The Morgan fingerprint density at radius 1 is 1.50 bits per heavy atom. The van der Waals surface area contributed by atoms with E-state index >= 15 is 0 Å². The number of rotatable bonds is 3. The highest BCUT2D eigenvalue weighted by atomic mass is 32.2. The van der Waals surface area contributed by atoms with Crippen LogP contribution in [0.2, 0.25) is 0 Å². The van der Waals surface area contributed by atoms with Crippen LogP contribution in [0.3, 0.4) is 0 Å². The Balaban J connectivity index is 2.28. The monoisotopic (exact) mass is 273 g/mol. The molecule has 2 heterocycles. The maximum atomic E-state index is 13.8. The van der Waals surface area contributed by atoms with Crippen LogP contribution in [0, 0.1) is 11.6 Å². The minimum atomic E-state index is -0.641. The van der Waals surface area contributed by atoms with Gasteiger partial charge in [0.25, 0.3) is 0 Å². The molecule has 1 unspecified atom stereocenters. The number of pyridine rings is 1. The van der Waals surface area contributed by atoms with Gasteiger partial charge in [0.1, 0.15) is 0 Å². The fraction of sp³-hybridized carbons (Fsp3) is 0.583. The van der Waals surface area contributed by atoms with Gasteiger partial charge in [-0.05, 0) is 6.92 Å². The first-order valence-electron chi connectivity index (χ1n) is 6.08. The Morgan fingerprint density at radius 2 is 2.28 bits per heavy atom. The van der Waals surface area contributed by atoms with Gasteiger partial charge < -0.3 is 10.2 Å². The third-order valence-electron chi connectivity index (χ3n) is 2.80. The zero-order chi connectivity index (χ0) is 13.1. The van der Waals surface area contributed by atoms with Crippen molar-refractivity contribution in [3.8, 4) is 0 Å². The molecule has 1 N–H and O–H groups in total. The molecule has 3 nitrogen and oxygen atoms in total. The molecule has 0 aromatic carbocycles. The molecule has 100 valence electrons. The van der Waals surface area contributed by atoms with Gasteiger partial charge in [-0.3, -0.25) is 0 Å². The van der Waals surface area contributed by atoms with E-state index in [1.807, 2.05) is 23.6 Å². The molecular weight excluding hydrogens is 256 g/mol. The second kappa shape index (κ2) is 5.73. The van der Waals surface area contributed by atoms with Crippen molar-refractivity contribution in [2.45, 2.75) is 19.1 Å². The molecule has 0 radical (unpaired) electrons. The van der Waals surface area contributed by atoms with Crippen LogP contribution < -0.4 is 10.2 Å². The van der Waals surface area contributed by atoms with Crippen LogP contribution in [0.25, 0.3) is 0 Å². The van der Waals surface area contributed by atoms with Crippen molar-refractivity contribution < 1.29 is 8.78 Å². The van der Waals surface area contributed by atoms with Gasteiger partial charge >= 0.3 is 0 Å². The summed E-state index contributed by atoms with van der Waals surface area (Å²) in [5, 5.41) is 3.25. The predicted molar refractivity (Wildman–Crippen MR) is 72.4 cm³/mol. The molecule has 0 aliphatic carbocycles. The molecule has 0 amide bonds. The summed E-state index contributed by atoms with van der Waals surface area (Å²) in [6.07, 6.45) is 0. The van der Waals surface area contributed by atoms with E-state index in [1.54, 1.807) is 0 Å². The van der Waals surface area contributed by atoms with Gasteiger partial charge in [0, 0.05) is 36.7 Å². The van der Waals surface area contributed by atoms with Crippen LogP contribution in [0.1, 0.15) is 13.8 Å². The maximum absolute atomic E-state index is 13.8. The lowest BCUT2D eigenvalue weighted by Gasteiger charge is -2.31. The SMILES string of the molecule is CCNc1nc(N2CCSC(C)C2)c(F)cc1F. The molecule has 1 atom stereocenters.